The smallest absolute Gasteiger partial charge is 0.293 e. The summed E-state index contributed by atoms with van der Waals surface area (Å²) < 4.78 is 10.9. The van der Waals surface area contributed by atoms with Crippen LogP contribution in [0.3, 0.4) is 0 Å². The molecule has 1 aliphatic rings. The molecule has 1 fully saturated rings. The number of hydrogen-bond donors (Lipinski definition) is 0. The number of aromatic nitrogens is 2. The number of nitrogens with zero attached hydrogens (tertiary/aromatic N) is 2. The van der Waals surface area contributed by atoms with Gasteiger partial charge in [0.1, 0.15) is 5.60 Å². The molecule has 0 aromatic carbocycles. The average Bonchev–Trinajstić information content (AvgIpc) is 2.79. The number of ether oxygens (including phenoxy) is 1. The van der Waals surface area contributed by atoms with Gasteiger partial charge in [0.2, 0.25) is 11.6 Å². The van der Waals surface area contributed by atoms with Gasteiger partial charge in [-0.1, -0.05) is 18.5 Å². The predicted octanol–water partition coefficient (Wildman–Crippen LogP) is 2.71. The maximum atomic E-state index is 11.2. The summed E-state index contributed by atoms with van der Waals surface area (Å²) in [5.74, 6) is 0.970. The molecule has 0 aliphatic heterocycles. The molecule has 0 spiro atoms. The molecule has 100 valence electrons. The van der Waals surface area contributed by atoms with Crippen molar-refractivity contribution in [3.8, 4) is 0 Å². The van der Waals surface area contributed by atoms with Gasteiger partial charge in [-0.2, -0.15) is 4.98 Å². The van der Waals surface area contributed by atoms with Crippen LogP contribution in [0, 0.1) is 5.92 Å². The molecule has 2 atom stereocenters. The molecule has 1 aromatic heterocycles. The van der Waals surface area contributed by atoms with E-state index in [2.05, 4.69) is 17.1 Å². The van der Waals surface area contributed by atoms with E-state index in [-0.39, 0.29) is 11.7 Å². The van der Waals surface area contributed by atoms with Crippen molar-refractivity contribution in [2.75, 3.05) is 6.61 Å². The van der Waals surface area contributed by atoms with Gasteiger partial charge in [-0.3, -0.25) is 4.79 Å². The van der Waals surface area contributed by atoms with E-state index in [4.69, 9.17) is 9.26 Å². The Labute approximate surface area is 107 Å². The van der Waals surface area contributed by atoms with Gasteiger partial charge in [-0.15, -0.1) is 0 Å². The molecule has 2 rings (SSSR count). The van der Waals surface area contributed by atoms with Crippen LogP contribution < -0.4 is 0 Å². The summed E-state index contributed by atoms with van der Waals surface area (Å²) in [6.07, 6.45) is 4.07. The Morgan fingerprint density at radius 2 is 2.39 bits per heavy atom. The highest BCUT2D eigenvalue weighted by molar-refractivity contribution is 5.89. The van der Waals surface area contributed by atoms with Gasteiger partial charge >= 0.3 is 0 Å². The lowest BCUT2D eigenvalue weighted by atomic mass is 9.78. The van der Waals surface area contributed by atoms with Crippen LogP contribution in [0.15, 0.2) is 4.52 Å². The molecule has 0 radical (unpaired) electrons. The van der Waals surface area contributed by atoms with E-state index >= 15 is 0 Å². The largest absolute Gasteiger partial charge is 0.367 e. The summed E-state index contributed by atoms with van der Waals surface area (Å²) in [4.78, 5) is 15.4. The maximum absolute atomic E-state index is 11.2. The third-order valence-corrected chi connectivity index (χ3v) is 3.51. The van der Waals surface area contributed by atoms with Crippen molar-refractivity contribution < 1.29 is 14.1 Å². The molecule has 2 unspecified atom stereocenters. The zero-order chi connectivity index (χ0) is 13.2. The minimum absolute atomic E-state index is 0.0716. The average molecular weight is 252 g/mol. The van der Waals surface area contributed by atoms with Crippen LogP contribution in [-0.4, -0.2) is 22.5 Å². The fraction of sp³-hybridized carbons (Fsp3) is 0.769. The van der Waals surface area contributed by atoms with Crippen LogP contribution in [0.1, 0.15) is 63.0 Å². The molecule has 0 bridgehead atoms. The fourth-order valence-electron chi connectivity index (χ4n) is 2.73. The van der Waals surface area contributed by atoms with Crippen molar-refractivity contribution in [3.05, 3.63) is 11.7 Å². The summed E-state index contributed by atoms with van der Waals surface area (Å²) >= 11 is 0. The second-order valence-corrected chi connectivity index (χ2v) is 5.11. The van der Waals surface area contributed by atoms with E-state index in [1.807, 2.05) is 6.92 Å². The first-order valence-corrected chi connectivity index (χ1v) is 6.56. The minimum Gasteiger partial charge on any atom is -0.367 e. The zero-order valence-corrected chi connectivity index (χ0v) is 11.2. The van der Waals surface area contributed by atoms with Crippen molar-refractivity contribution in [2.24, 2.45) is 5.92 Å². The summed E-state index contributed by atoms with van der Waals surface area (Å²) in [5.41, 5.74) is -0.469. The Balaban J connectivity index is 2.30. The van der Waals surface area contributed by atoms with Gasteiger partial charge in [-0.25, -0.2) is 0 Å². The SMILES string of the molecule is CCOC1(c2noc(C(C)=O)n2)CCCC(C)C1. The lowest BCUT2D eigenvalue weighted by Gasteiger charge is -2.37. The van der Waals surface area contributed by atoms with Crippen molar-refractivity contribution in [1.82, 2.24) is 10.1 Å². The molecular weight excluding hydrogens is 232 g/mol. The van der Waals surface area contributed by atoms with Crippen LogP contribution in [0.4, 0.5) is 0 Å². The van der Waals surface area contributed by atoms with Gasteiger partial charge in [-0.05, 0) is 32.1 Å². The number of carbonyl (C=O) groups is 1. The van der Waals surface area contributed by atoms with Crippen molar-refractivity contribution in [1.29, 1.82) is 0 Å². The Bertz CT molecular complexity index is 426. The third kappa shape index (κ3) is 2.46. The number of Topliss-reactive ketones (excluding diaryl/α,β-unsaturated/α-hetero) is 1. The van der Waals surface area contributed by atoms with Crippen molar-refractivity contribution >= 4 is 5.78 Å². The van der Waals surface area contributed by atoms with Crippen molar-refractivity contribution in [3.63, 3.8) is 0 Å². The quantitative estimate of drug-likeness (QED) is 0.771. The molecular formula is C13H20N2O3. The molecule has 5 nitrogen and oxygen atoms in total. The highest BCUT2D eigenvalue weighted by Gasteiger charge is 2.41. The second-order valence-electron chi connectivity index (χ2n) is 5.11. The summed E-state index contributed by atoms with van der Waals surface area (Å²) in [6.45, 7) is 6.21. The van der Waals surface area contributed by atoms with Gasteiger partial charge in [0.15, 0.2) is 0 Å². The normalized spacial score (nSPS) is 28.3. The van der Waals surface area contributed by atoms with Crippen LogP contribution >= 0.6 is 0 Å². The van der Waals surface area contributed by atoms with Crippen LogP contribution in [0.5, 0.6) is 0 Å². The lowest BCUT2D eigenvalue weighted by Crippen LogP contribution is -2.36. The summed E-state index contributed by atoms with van der Waals surface area (Å²) in [5, 5.41) is 3.95. The third-order valence-electron chi connectivity index (χ3n) is 3.51. The zero-order valence-electron chi connectivity index (χ0n) is 11.2. The molecule has 5 heteroatoms. The summed E-state index contributed by atoms with van der Waals surface area (Å²) in [6, 6.07) is 0. The number of carbonyl (C=O) groups excluding carboxylic acids is 1. The first kappa shape index (κ1) is 13.2. The Hall–Kier alpha value is -1.23. The van der Waals surface area contributed by atoms with E-state index in [1.165, 1.54) is 13.3 Å². The van der Waals surface area contributed by atoms with Gasteiger partial charge in [0.25, 0.3) is 5.89 Å². The topological polar surface area (TPSA) is 65.2 Å². The highest BCUT2D eigenvalue weighted by atomic mass is 16.5. The number of hydrogen-bond acceptors (Lipinski definition) is 5. The Morgan fingerprint density at radius 3 is 2.94 bits per heavy atom. The van der Waals surface area contributed by atoms with Gasteiger partial charge in [0, 0.05) is 13.5 Å². The molecule has 0 amide bonds. The minimum atomic E-state index is -0.469. The maximum Gasteiger partial charge on any atom is 0.293 e. The standard InChI is InChI=1S/C13H20N2O3/c1-4-17-13(7-5-6-9(2)8-13)12-14-11(10(3)16)18-15-12/h9H,4-8H2,1-3H3. The van der Waals surface area contributed by atoms with Crippen LogP contribution in [-0.2, 0) is 10.3 Å². The fourth-order valence-corrected chi connectivity index (χ4v) is 2.73. The lowest BCUT2D eigenvalue weighted by molar-refractivity contribution is -0.0891. The molecule has 1 saturated carbocycles. The molecule has 1 aliphatic carbocycles. The van der Waals surface area contributed by atoms with Crippen LogP contribution in [0.25, 0.3) is 0 Å². The van der Waals surface area contributed by atoms with E-state index in [1.54, 1.807) is 0 Å². The molecule has 0 saturated heterocycles. The second kappa shape index (κ2) is 5.18. The predicted molar refractivity (Wildman–Crippen MR) is 65.2 cm³/mol. The van der Waals surface area contributed by atoms with E-state index < -0.39 is 5.60 Å². The van der Waals surface area contributed by atoms with E-state index in [9.17, 15) is 4.79 Å². The Morgan fingerprint density at radius 1 is 1.61 bits per heavy atom. The number of ketones is 1. The van der Waals surface area contributed by atoms with Crippen LogP contribution in [0.2, 0.25) is 0 Å². The molecule has 0 N–H and O–H groups in total. The molecule has 1 heterocycles. The molecule has 18 heavy (non-hydrogen) atoms. The Kier molecular flexibility index (Phi) is 3.80. The first-order valence-electron chi connectivity index (χ1n) is 6.56. The monoisotopic (exact) mass is 252 g/mol. The first-order chi connectivity index (χ1) is 8.57. The van der Waals surface area contributed by atoms with Crippen molar-refractivity contribution in [2.45, 2.75) is 52.1 Å². The highest BCUT2D eigenvalue weighted by Crippen LogP contribution is 2.41. The van der Waals surface area contributed by atoms with E-state index in [0.717, 1.165) is 19.3 Å². The van der Waals surface area contributed by atoms with Gasteiger partial charge < -0.3 is 9.26 Å². The van der Waals surface area contributed by atoms with E-state index in [0.29, 0.717) is 18.3 Å². The molecule has 1 aromatic rings. The number of rotatable bonds is 4. The summed E-state index contributed by atoms with van der Waals surface area (Å²) in [7, 11) is 0. The van der Waals surface area contributed by atoms with Gasteiger partial charge in [0.05, 0.1) is 0 Å².